The van der Waals surface area contributed by atoms with E-state index in [9.17, 15) is 4.79 Å². The fraction of sp³-hybridized carbons (Fsp3) is 0.400. The van der Waals surface area contributed by atoms with Crippen LogP contribution in [0.15, 0.2) is 18.2 Å². The molecule has 0 fully saturated rings. The molecule has 0 unspecified atom stereocenters. The van der Waals surface area contributed by atoms with Crippen LogP contribution in [0.1, 0.15) is 40.2 Å². The Balaban J connectivity index is 0.00000154. The van der Waals surface area contributed by atoms with Crippen molar-refractivity contribution < 1.29 is 9.53 Å². The Morgan fingerprint density at radius 3 is 2.37 bits per heavy atom. The van der Waals surface area contributed by atoms with Crippen molar-refractivity contribution in [3.05, 3.63) is 28.8 Å². The number of halogens is 1. The van der Waals surface area contributed by atoms with Gasteiger partial charge in [-0.3, -0.25) is 5.32 Å². The summed E-state index contributed by atoms with van der Waals surface area (Å²) in [5.41, 5.74) is 0.583. The SMILES string of the molecule is C#Cc1ccc(NC(=O)OC(C)(C)C)c(Cl)c1.CC. The number of amides is 1. The van der Waals surface area contributed by atoms with Crippen LogP contribution in [0.5, 0.6) is 0 Å². The van der Waals surface area contributed by atoms with Gasteiger partial charge in [-0.25, -0.2) is 4.79 Å². The molecular weight excluding hydrogens is 262 g/mol. The van der Waals surface area contributed by atoms with Crippen LogP contribution in [0.25, 0.3) is 0 Å². The van der Waals surface area contributed by atoms with Gasteiger partial charge in [0.25, 0.3) is 0 Å². The lowest BCUT2D eigenvalue weighted by molar-refractivity contribution is 0.0636. The molecule has 0 bridgehead atoms. The Bertz CT molecular complexity index is 470. The lowest BCUT2D eigenvalue weighted by atomic mass is 10.2. The number of rotatable bonds is 1. The smallest absolute Gasteiger partial charge is 0.412 e. The van der Waals surface area contributed by atoms with Crippen molar-refractivity contribution in [3.63, 3.8) is 0 Å². The molecule has 0 radical (unpaired) electrons. The van der Waals surface area contributed by atoms with E-state index in [1.54, 1.807) is 39.0 Å². The van der Waals surface area contributed by atoms with E-state index >= 15 is 0 Å². The van der Waals surface area contributed by atoms with Gasteiger partial charge < -0.3 is 4.74 Å². The van der Waals surface area contributed by atoms with Crippen molar-refractivity contribution in [3.8, 4) is 12.3 Å². The molecule has 1 amide bonds. The first-order valence-corrected chi connectivity index (χ1v) is 6.46. The molecule has 0 saturated heterocycles. The van der Waals surface area contributed by atoms with Gasteiger partial charge in [-0.1, -0.05) is 31.4 Å². The second-order valence-electron chi connectivity index (χ2n) is 4.47. The third-order valence-electron chi connectivity index (χ3n) is 1.77. The number of hydrogen-bond acceptors (Lipinski definition) is 2. The van der Waals surface area contributed by atoms with Gasteiger partial charge in [0.1, 0.15) is 5.60 Å². The standard InChI is InChI=1S/C13H14ClNO2.C2H6/c1-5-9-6-7-11(10(14)8-9)15-12(16)17-13(2,3)4;1-2/h1,6-8H,2-4H3,(H,15,16);1-2H3. The van der Waals surface area contributed by atoms with Crippen molar-refractivity contribution >= 4 is 23.4 Å². The van der Waals surface area contributed by atoms with Crippen molar-refractivity contribution in [2.24, 2.45) is 0 Å². The van der Waals surface area contributed by atoms with E-state index in [4.69, 9.17) is 22.8 Å². The summed E-state index contributed by atoms with van der Waals surface area (Å²) in [6, 6.07) is 4.94. The Kier molecular flexibility index (Phi) is 7.03. The third kappa shape index (κ3) is 6.73. The molecule has 0 heterocycles. The molecule has 19 heavy (non-hydrogen) atoms. The third-order valence-corrected chi connectivity index (χ3v) is 2.08. The highest BCUT2D eigenvalue weighted by atomic mass is 35.5. The monoisotopic (exact) mass is 281 g/mol. The van der Waals surface area contributed by atoms with Crippen LogP contribution in [0.4, 0.5) is 10.5 Å². The normalized spacial score (nSPS) is 9.74. The number of carbonyl (C=O) groups excluding carboxylic acids is 1. The molecule has 1 aromatic rings. The zero-order valence-corrected chi connectivity index (χ0v) is 12.8. The zero-order valence-electron chi connectivity index (χ0n) is 12.0. The summed E-state index contributed by atoms with van der Waals surface area (Å²) in [5.74, 6) is 2.46. The van der Waals surface area contributed by atoms with Crippen LogP contribution < -0.4 is 5.32 Å². The van der Waals surface area contributed by atoms with Crippen LogP contribution in [-0.2, 0) is 4.74 Å². The van der Waals surface area contributed by atoms with Gasteiger partial charge in [-0.2, -0.15) is 0 Å². The Hall–Kier alpha value is -1.66. The number of hydrogen-bond donors (Lipinski definition) is 1. The van der Waals surface area contributed by atoms with E-state index in [-0.39, 0.29) is 0 Å². The Morgan fingerprint density at radius 1 is 1.37 bits per heavy atom. The largest absolute Gasteiger partial charge is 0.444 e. The van der Waals surface area contributed by atoms with E-state index in [1.165, 1.54) is 0 Å². The number of anilines is 1. The lowest BCUT2D eigenvalue weighted by Gasteiger charge is -2.20. The summed E-state index contributed by atoms with van der Waals surface area (Å²) in [6.45, 7) is 9.36. The van der Waals surface area contributed by atoms with Crippen molar-refractivity contribution in [1.29, 1.82) is 0 Å². The van der Waals surface area contributed by atoms with E-state index in [0.29, 0.717) is 16.3 Å². The quantitative estimate of drug-likeness (QED) is 0.758. The molecule has 1 aromatic carbocycles. The fourth-order valence-corrected chi connectivity index (χ4v) is 1.35. The molecule has 0 spiro atoms. The molecule has 0 saturated carbocycles. The highest BCUT2D eigenvalue weighted by Gasteiger charge is 2.16. The minimum Gasteiger partial charge on any atom is -0.444 e. The first kappa shape index (κ1) is 17.3. The molecule has 3 nitrogen and oxygen atoms in total. The molecule has 1 N–H and O–H groups in total. The molecule has 0 aromatic heterocycles. The summed E-state index contributed by atoms with van der Waals surface area (Å²) in [4.78, 5) is 11.5. The molecule has 104 valence electrons. The van der Waals surface area contributed by atoms with Crippen LogP contribution >= 0.6 is 11.6 Å². The predicted molar refractivity (Wildman–Crippen MR) is 80.6 cm³/mol. The number of ether oxygens (including phenoxy) is 1. The summed E-state index contributed by atoms with van der Waals surface area (Å²) >= 11 is 5.96. The molecule has 0 aliphatic carbocycles. The van der Waals surface area contributed by atoms with E-state index in [2.05, 4.69) is 11.2 Å². The summed E-state index contributed by atoms with van der Waals surface area (Å²) in [7, 11) is 0. The minimum atomic E-state index is -0.548. The molecule has 1 rings (SSSR count). The Morgan fingerprint density at radius 2 is 1.95 bits per heavy atom. The van der Waals surface area contributed by atoms with Gasteiger partial charge >= 0.3 is 6.09 Å². The van der Waals surface area contributed by atoms with E-state index in [1.807, 2.05) is 13.8 Å². The second kappa shape index (κ2) is 7.70. The van der Waals surface area contributed by atoms with E-state index in [0.717, 1.165) is 0 Å². The summed E-state index contributed by atoms with van der Waals surface area (Å²) < 4.78 is 5.10. The second-order valence-corrected chi connectivity index (χ2v) is 4.87. The summed E-state index contributed by atoms with van der Waals surface area (Å²) in [6.07, 6.45) is 4.68. The number of carbonyl (C=O) groups is 1. The van der Waals surface area contributed by atoms with Crippen molar-refractivity contribution in [2.75, 3.05) is 5.32 Å². The van der Waals surface area contributed by atoms with Crippen LogP contribution in [0.2, 0.25) is 5.02 Å². The molecule has 4 heteroatoms. The average molecular weight is 282 g/mol. The molecule has 0 aliphatic heterocycles. The van der Waals surface area contributed by atoms with Crippen LogP contribution in [-0.4, -0.2) is 11.7 Å². The minimum absolute atomic E-state index is 0.381. The summed E-state index contributed by atoms with van der Waals surface area (Å²) in [5, 5.41) is 2.94. The number of nitrogens with one attached hydrogen (secondary N) is 1. The van der Waals surface area contributed by atoms with Gasteiger partial charge in [0.15, 0.2) is 0 Å². The fourth-order valence-electron chi connectivity index (χ4n) is 1.12. The van der Waals surface area contributed by atoms with Crippen molar-refractivity contribution in [1.82, 2.24) is 0 Å². The maximum Gasteiger partial charge on any atom is 0.412 e. The van der Waals surface area contributed by atoms with Crippen LogP contribution in [0, 0.1) is 12.3 Å². The first-order valence-electron chi connectivity index (χ1n) is 6.08. The highest BCUT2D eigenvalue weighted by Crippen LogP contribution is 2.23. The maximum atomic E-state index is 11.5. The van der Waals surface area contributed by atoms with Gasteiger partial charge in [-0.05, 0) is 39.0 Å². The molecule has 0 atom stereocenters. The topological polar surface area (TPSA) is 38.3 Å². The maximum absolute atomic E-state index is 11.5. The number of benzene rings is 1. The van der Waals surface area contributed by atoms with Gasteiger partial charge in [0, 0.05) is 5.56 Å². The number of terminal acetylenes is 1. The highest BCUT2D eigenvalue weighted by molar-refractivity contribution is 6.33. The molecular formula is C15H20ClNO2. The average Bonchev–Trinajstić information content (AvgIpc) is 2.32. The molecule has 0 aliphatic rings. The Labute approximate surface area is 120 Å². The zero-order chi connectivity index (χ0) is 15.1. The van der Waals surface area contributed by atoms with Crippen LogP contribution in [0.3, 0.4) is 0 Å². The van der Waals surface area contributed by atoms with Gasteiger partial charge in [0.05, 0.1) is 10.7 Å². The van der Waals surface area contributed by atoms with E-state index < -0.39 is 11.7 Å². The van der Waals surface area contributed by atoms with Gasteiger partial charge in [-0.15, -0.1) is 6.42 Å². The predicted octanol–water partition coefficient (Wildman–Crippen LogP) is 4.69. The van der Waals surface area contributed by atoms with Gasteiger partial charge in [0.2, 0.25) is 0 Å². The van der Waals surface area contributed by atoms with Crippen molar-refractivity contribution in [2.45, 2.75) is 40.2 Å². The first-order chi connectivity index (χ1) is 8.81. The lowest BCUT2D eigenvalue weighted by Crippen LogP contribution is -2.27.